The topological polar surface area (TPSA) is 110 Å². The molecule has 0 amide bonds. The van der Waals surface area contributed by atoms with Crippen molar-refractivity contribution in [2.45, 2.75) is 65.3 Å². The van der Waals surface area contributed by atoms with Gasteiger partial charge < -0.3 is 14.2 Å². The van der Waals surface area contributed by atoms with Gasteiger partial charge in [0.05, 0.1) is 16.6 Å². The van der Waals surface area contributed by atoms with Crippen LogP contribution in [0.15, 0.2) is 36.7 Å². The molecule has 0 aliphatic rings. The number of hydrogen-bond donors (Lipinski definition) is 0. The van der Waals surface area contributed by atoms with E-state index in [2.05, 4.69) is 30.2 Å². The number of pyridine rings is 1. The van der Waals surface area contributed by atoms with Gasteiger partial charge in [0.2, 0.25) is 17.9 Å². The number of nitrogens with zero attached hydrogens (tertiary/aromatic N) is 7. The summed E-state index contributed by atoms with van der Waals surface area (Å²) >= 11 is 0. The normalized spacial score (nSPS) is 13.1. The Labute approximate surface area is 213 Å². The maximum absolute atomic E-state index is 13.9. The van der Waals surface area contributed by atoms with Gasteiger partial charge >= 0.3 is 6.01 Å². The Kier molecular flexibility index (Phi) is 6.94. The molecule has 4 rings (SSSR count). The molecule has 0 aliphatic carbocycles. The molecule has 0 radical (unpaired) electrons. The average Bonchev–Trinajstić information content (AvgIpc) is 3.10. The van der Waals surface area contributed by atoms with Gasteiger partial charge in [-0.3, -0.25) is 4.98 Å². The summed E-state index contributed by atoms with van der Waals surface area (Å²) in [4.78, 5) is 12.8. The van der Waals surface area contributed by atoms with Crippen molar-refractivity contribution in [2.75, 3.05) is 0 Å². The van der Waals surface area contributed by atoms with Gasteiger partial charge in [0, 0.05) is 19.4 Å². The third-order valence-electron chi connectivity index (χ3n) is 4.81. The molecule has 0 fully saturated rings. The van der Waals surface area contributed by atoms with Crippen LogP contribution < -0.4 is 14.2 Å². The van der Waals surface area contributed by atoms with Crippen molar-refractivity contribution in [1.29, 1.82) is 0 Å². The van der Waals surface area contributed by atoms with Gasteiger partial charge in [-0.2, -0.15) is 4.98 Å². The lowest BCUT2D eigenvalue weighted by Gasteiger charge is -2.24. The summed E-state index contributed by atoms with van der Waals surface area (Å²) in [5, 5.41) is 13.2. The van der Waals surface area contributed by atoms with Gasteiger partial charge in [0.1, 0.15) is 16.9 Å². The Morgan fingerprint density at radius 1 is 0.919 bits per heavy atom. The van der Waals surface area contributed by atoms with E-state index in [4.69, 9.17) is 14.2 Å². The van der Waals surface area contributed by atoms with E-state index in [0.717, 1.165) is 0 Å². The highest BCUT2D eigenvalue weighted by atomic mass is 19.3. The minimum atomic E-state index is -2.84. The third kappa shape index (κ3) is 6.25. The van der Waals surface area contributed by atoms with Gasteiger partial charge in [-0.15, -0.1) is 15.3 Å². The molecule has 0 saturated carbocycles. The Hall–Kier alpha value is -3.96. The molecule has 4 aromatic rings. The lowest BCUT2D eigenvalue weighted by molar-refractivity contribution is 0.00611. The fourth-order valence-corrected chi connectivity index (χ4v) is 3.36. The van der Waals surface area contributed by atoms with Gasteiger partial charge in [-0.1, -0.05) is 6.07 Å². The molecule has 0 bridgehead atoms. The highest BCUT2D eigenvalue weighted by Crippen LogP contribution is 2.35. The van der Waals surface area contributed by atoms with Crippen molar-refractivity contribution >= 4 is 11.0 Å². The van der Waals surface area contributed by atoms with Gasteiger partial charge in [0.15, 0.2) is 5.65 Å². The van der Waals surface area contributed by atoms with E-state index in [0.29, 0.717) is 22.3 Å². The third-order valence-corrected chi connectivity index (χ3v) is 4.81. The molecule has 0 saturated heterocycles. The average molecular weight is 514 g/mol. The fourth-order valence-electron chi connectivity index (χ4n) is 3.36. The van der Waals surface area contributed by atoms with Crippen LogP contribution in [0.5, 0.6) is 17.8 Å². The van der Waals surface area contributed by atoms with Crippen molar-refractivity contribution in [1.82, 2.24) is 34.9 Å². The maximum Gasteiger partial charge on any atom is 0.320 e. The molecule has 0 N–H and O–H groups in total. The van der Waals surface area contributed by atoms with Crippen molar-refractivity contribution in [3.8, 4) is 29.0 Å². The van der Waals surface area contributed by atoms with Crippen LogP contribution in [-0.4, -0.2) is 52.6 Å². The van der Waals surface area contributed by atoms with Crippen molar-refractivity contribution < 1.29 is 23.0 Å². The smallest absolute Gasteiger partial charge is 0.320 e. The highest BCUT2D eigenvalue weighted by molar-refractivity contribution is 5.85. The molecule has 1 atom stereocenters. The quantitative estimate of drug-likeness (QED) is 0.339. The maximum atomic E-state index is 13.9. The van der Waals surface area contributed by atoms with Crippen LogP contribution in [0.1, 0.15) is 53.3 Å². The minimum absolute atomic E-state index is 0.0310. The standard InChI is InChI=1S/C25H29F2N7O3/c1-24(2,3)36-21-15(13-29-23(30-21)37-25(4,5)6)17-12-14-20(32-31-17)34(7)33-22(14)35-18(19(26)27)16-10-8-9-11-28-16/h8-13,18-19H,1-7H3/t18-/m1/s1. The first kappa shape index (κ1) is 26.1. The summed E-state index contributed by atoms with van der Waals surface area (Å²) in [6, 6.07) is 6.50. The van der Waals surface area contributed by atoms with Crippen molar-refractivity contribution in [2.24, 2.45) is 7.05 Å². The van der Waals surface area contributed by atoms with E-state index in [-0.39, 0.29) is 23.5 Å². The molecular weight excluding hydrogens is 484 g/mol. The Morgan fingerprint density at radius 3 is 2.27 bits per heavy atom. The number of halogens is 2. The van der Waals surface area contributed by atoms with Gasteiger partial charge in [-0.05, 0) is 59.7 Å². The first-order valence-corrected chi connectivity index (χ1v) is 11.6. The number of rotatable bonds is 7. The predicted octanol–water partition coefficient (Wildman–Crippen LogP) is 4.96. The van der Waals surface area contributed by atoms with Crippen LogP contribution in [0.3, 0.4) is 0 Å². The molecule has 0 spiro atoms. The van der Waals surface area contributed by atoms with Gasteiger partial charge in [0.25, 0.3) is 6.43 Å². The number of fused-ring (bicyclic) bond motifs is 1. The molecule has 0 aliphatic heterocycles. The largest absolute Gasteiger partial charge is 0.471 e. The molecule has 4 heterocycles. The van der Waals surface area contributed by atoms with Gasteiger partial charge in [-0.25, -0.2) is 18.4 Å². The van der Waals surface area contributed by atoms with Crippen molar-refractivity contribution in [3.63, 3.8) is 0 Å². The second kappa shape index (κ2) is 9.83. The van der Waals surface area contributed by atoms with Crippen LogP contribution in [0.4, 0.5) is 8.78 Å². The molecule has 4 aromatic heterocycles. The summed E-state index contributed by atoms with van der Waals surface area (Å²) in [5.74, 6) is 0.206. The summed E-state index contributed by atoms with van der Waals surface area (Å²) in [7, 11) is 1.62. The summed E-state index contributed by atoms with van der Waals surface area (Å²) in [6.45, 7) is 11.3. The Balaban J connectivity index is 1.78. The zero-order valence-corrected chi connectivity index (χ0v) is 21.7. The number of aryl methyl sites for hydroxylation is 1. The van der Waals surface area contributed by atoms with E-state index in [1.165, 1.54) is 23.1 Å². The lowest BCUT2D eigenvalue weighted by Crippen LogP contribution is -2.26. The molecule has 196 valence electrons. The summed E-state index contributed by atoms with van der Waals surface area (Å²) in [5.41, 5.74) is 0.113. The molecule has 10 nitrogen and oxygen atoms in total. The molecule has 12 heteroatoms. The van der Waals surface area contributed by atoms with Crippen LogP contribution in [-0.2, 0) is 7.05 Å². The van der Waals surface area contributed by atoms with Crippen LogP contribution >= 0.6 is 0 Å². The first-order chi connectivity index (χ1) is 17.3. The molecule has 0 aromatic carbocycles. The molecular formula is C25H29F2N7O3. The van der Waals surface area contributed by atoms with Crippen LogP contribution in [0.25, 0.3) is 22.3 Å². The second-order valence-electron chi connectivity index (χ2n) is 10.3. The van der Waals surface area contributed by atoms with E-state index in [1.54, 1.807) is 25.2 Å². The SMILES string of the molecule is Cn1nc(O[C@H](c2ccccn2)C(F)F)c2cc(-c3cnc(OC(C)(C)C)nc3OC(C)(C)C)nnc21. The van der Waals surface area contributed by atoms with E-state index in [1.807, 2.05) is 41.5 Å². The van der Waals surface area contributed by atoms with Crippen LogP contribution in [0.2, 0.25) is 0 Å². The Bertz CT molecular complexity index is 1380. The molecule has 0 unspecified atom stereocenters. The van der Waals surface area contributed by atoms with E-state index in [9.17, 15) is 8.78 Å². The number of aromatic nitrogens is 7. The van der Waals surface area contributed by atoms with E-state index < -0.39 is 23.7 Å². The summed E-state index contributed by atoms with van der Waals surface area (Å²) in [6.07, 6.45) is -1.50. The predicted molar refractivity (Wildman–Crippen MR) is 132 cm³/mol. The first-order valence-electron chi connectivity index (χ1n) is 11.6. The highest BCUT2D eigenvalue weighted by Gasteiger charge is 2.29. The minimum Gasteiger partial charge on any atom is -0.471 e. The fraction of sp³-hybridized carbons (Fsp3) is 0.440. The second-order valence-corrected chi connectivity index (χ2v) is 10.3. The lowest BCUT2D eigenvalue weighted by atomic mass is 10.1. The number of hydrogen-bond acceptors (Lipinski definition) is 9. The zero-order chi connectivity index (χ0) is 27.0. The number of alkyl halides is 2. The summed E-state index contributed by atoms with van der Waals surface area (Å²) < 4.78 is 46.8. The Morgan fingerprint density at radius 2 is 1.65 bits per heavy atom. The monoisotopic (exact) mass is 513 g/mol. The number of ether oxygens (including phenoxy) is 3. The van der Waals surface area contributed by atoms with Crippen LogP contribution in [0, 0.1) is 0 Å². The zero-order valence-electron chi connectivity index (χ0n) is 21.7. The van der Waals surface area contributed by atoms with E-state index >= 15 is 0 Å². The molecule has 37 heavy (non-hydrogen) atoms. The van der Waals surface area contributed by atoms with Crippen molar-refractivity contribution in [3.05, 3.63) is 42.4 Å².